The maximum Gasteiger partial charge on any atom is 0.253 e. The second-order valence-electron chi connectivity index (χ2n) is 8.88. The molecule has 8 heteroatoms. The SMILES string of the molecule is Cc1cc(C)c(CNC(=O)Cc2cc(-c3ccc(CN)cc3)nc3c2cnn3C(C)C)c(=O)[nH]1. The van der Waals surface area contributed by atoms with Crippen molar-refractivity contribution >= 4 is 16.9 Å². The first-order valence-corrected chi connectivity index (χ1v) is 11.4. The van der Waals surface area contributed by atoms with Crippen LogP contribution >= 0.6 is 0 Å². The maximum absolute atomic E-state index is 12.9. The minimum Gasteiger partial charge on any atom is -0.352 e. The lowest BCUT2D eigenvalue weighted by Gasteiger charge is -2.12. The molecule has 0 bridgehead atoms. The van der Waals surface area contributed by atoms with Gasteiger partial charge >= 0.3 is 0 Å². The first kappa shape index (κ1) is 23.4. The Kier molecular flexibility index (Phi) is 6.61. The number of fused-ring (bicyclic) bond motifs is 1. The number of hydrogen-bond donors (Lipinski definition) is 3. The van der Waals surface area contributed by atoms with Gasteiger partial charge in [0.15, 0.2) is 5.65 Å². The standard InChI is InChI=1S/C26H30N6O2/c1-15(2)32-25-22(14-29-32)20(10-23(31-25)19-7-5-18(12-27)6-8-19)11-24(33)28-13-21-16(3)9-17(4)30-26(21)34/h5-10,14-15H,11-13,27H2,1-4H3,(H,28,33)(H,30,34). The summed E-state index contributed by atoms with van der Waals surface area (Å²) in [5, 5.41) is 8.25. The van der Waals surface area contributed by atoms with Gasteiger partial charge in [-0.25, -0.2) is 9.67 Å². The molecular formula is C26H30N6O2. The van der Waals surface area contributed by atoms with Crippen LogP contribution in [-0.2, 0) is 24.3 Å². The Morgan fingerprint density at radius 3 is 2.56 bits per heavy atom. The van der Waals surface area contributed by atoms with Gasteiger partial charge in [0.2, 0.25) is 5.91 Å². The van der Waals surface area contributed by atoms with Crippen LogP contribution in [0.3, 0.4) is 0 Å². The monoisotopic (exact) mass is 458 g/mol. The summed E-state index contributed by atoms with van der Waals surface area (Å²) in [6.07, 6.45) is 1.92. The minimum absolute atomic E-state index is 0.123. The number of rotatable bonds is 7. The summed E-state index contributed by atoms with van der Waals surface area (Å²) in [7, 11) is 0. The zero-order valence-electron chi connectivity index (χ0n) is 20.0. The molecule has 1 amide bonds. The van der Waals surface area contributed by atoms with Gasteiger partial charge in [-0.15, -0.1) is 0 Å². The fraction of sp³-hybridized carbons (Fsp3) is 0.308. The molecule has 0 fully saturated rings. The van der Waals surface area contributed by atoms with Crippen LogP contribution in [0.25, 0.3) is 22.3 Å². The molecule has 1 aromatic carbocycles. The summed E-state index contributed by atoms with van der Waals surface area (Å²) in [5.41, 5.74) is 12.1. The number of benzene rings is 1. The molecule has 4 aromatic rings. The first-order valence-electron chi connectivity index (χ1n) is 11.4. The number of nitrogens with two attached hydrogens (primary N) is 1. The van der Waals surface area contributed by atoms with E-state index in [1.807, 2.05) is 68.8 Å². The highest BCUT2D eigenvalue weighted by atomic mass is 16.1. The van der Waals surface area contributed by atoms with Gasteiger partial charge in [0.25, 0.3) is 5.56 Å². The number of carbonyl (C=O) groups excluding carboxylic acids is 1. The average molecular weight is 459 g/mol. The first-order chi connectivity index (χ1) is 16.3. The Morgan fingerprint density at radius 1 is 1.18 bits per heavy atom. The van der Waals surface area contributed by atoms with Crippen molar-refractivity contribution in [2.75, 3.05) is 0 Å². The normalized spacial score (nSPS) is 11.4. The van der Waals surface area contributed by atoms with Gasteiger partial charge in [-0.1, -0.05) is 24.3 Å². The molecule has 8 nitrogen and oxygen atoms in total. The second-order valence-corrected chi connectivity index (χ2v) is 8.88. The van der Waals surface area contributed by atoms with Crippen molar-refractivity contribution < 1.29 is 4.79 Å². The summed E-state index contributed by atoms with van der Waals surface area (Å²) < 4.78 is 1.86. The van der Waals surface area contributed by atoms with Gasteiger partial charge in [0.1, 0.15) is 0 Å². The van der Waals surface area contributed by atoms with Gasteiger partial charge in [-0.05, 0) is 56.5 Å². The van der Waals surface area contributed by atoms with Crippen molar-refractivity contribution in [1.29, 1.82) is 0 Å². The topological polar surface area (TPSA) is 119 Å². The number of H-pyrrole nitrogens is 1. The highest BCUT2D eigenvalue weighted by Gasteiger charge is 2.17. The van der Waals surface area contributed by atoms with Crippen LogP contribution in [-0.4, -0.2) is 25.7 Å². The van der Waals surface area contributed by atoms with E-state index < -0.39 is 0 Å². The number of amides is 1. The Hall–Kier alpha value is -3.78. The van der Waals surface area contributed by atoms with Crippen molar-refractivity contribution in [1.82, 2.24) is 25.1 Å². The number of aromatic nitrogens is 4. The predicted molar refractivity (Wildman–Crippen MR) is 133 cm³/mol. The molecule has 176 valence electrons. The molecule has 0 atom stereocenters. The van der Waals surface area contributed by atoms with Gasteiger partial charge in [-0.2, -0.15) is 5.10 Å². The molecule has 4 N–H and O–H groups in total. The summed E-state index contributed by atoms with van der Waals surface area (Å²) in [6, 6.07) is 11.9. The molecule has 0 aliphatic carbocycles. The quantitative estimate of drug-likeness (QED) is 0.393. The van der Waals surface area contributed by atoms with E-state index in [0.717, 1.165) is 44.7 Å². The second kappa shape index (κ2) is 9.61. The number of hydrogen-bond acceptors (Lipinski definition) is 5. The number of aryl methyl sites for hydroxylation is 2. The molecule has 0 aliphatic rings. The molecule has 0 spiro atoms. The lowest BCUT2D eigenvalue weighted by atomic mass is 10.0. The molecule has 34 heavy (non-hydrogen) atoms. The van der Waals surface area contributed by atoms with E-state index >= 15 is 0 Å². The fourth-order valence-electron chi connectivity index (χ4n) is 4.09. The third-order valence-electron chi connectivity index (χ3n) is 5.93. The van der Waals surface area contributed by atoms with Crippen molar-refractivity contribution in [2.45, 2.75) is 53.2 Å². The third kappa shape index (κ3) is 4.77. The van der Waals surface area contributed by atoms with Gasteiger partial charge in [0, 0.05) is 41.3 Å². The highest BCUT2D eigenvalue weighted by Crippen LogP contribution is 2.27. The van der Waals surface area contributed by atoms with Crippen LogP contribution in [0.15, 0.2) is 47.4 Å². The number of carbonyl (C=O) groups is 1. The molecule has 3 aromatic heterocycles. The molecular weight excluding hydrogens is 428 g/mol. The number of nitrogens with one attached hydrogen (secondary N) is 2. The van der Waals surface area contributed by atoms with E-state index in [9.17, 15) is 9.59 Å². The van der Waals surface area contributed by atoms with Crippen LogP contribution < -0.4 is 16.6 Å². The van der Waals surface area contributed by atoms with Crippen LogP contribution in [0.2, 0.25) is 0 Å². The Labute approximate surface area is 198 Å². The van der Waals surface area contributed by atoms with E-state index in [4.69, 9.17) is 10.7 Å². The lowest BCUT2D eigenvalue weighted by molar-refractivity contribution is -0.120. The third-order valence-corrected chi connectivity index (χ3v) is 5.93. The lowest BCUT2D eigenvalue weighted by Crippen LogP contribution is -2.29. The summed E-state index contributed by atoms with van der Waals surface area (Å²) in [5.74, 6) is -0.173. The largest absolute Gasteiger partial charge is 0.352 e. The zero-order chi connectivity index (χ0) is 24.4. The number of pyridine rings is 2. The van der Waals surface area contributed by atoms with E-state index in [1.54, 1.807) is 6.20 Å². The maximum atomic E-state index is 12.9. The molecule has 0 unspecified atom stereocenters. The van der Waals surface area contributed by atoms with Crippen molar-refractivity contribution in [3.63, 3.8) is 0 Å². The highest BCUT2D eigenvalue weighted by molar-refractivity contribution is 5.88. The van der Waals surface area contributed by atoms with Crippen molar-refractivity contribution in [2.24, 2.45) is 5.73 Å². The molecule has 4 rings (SSSR count). The average Bonchev–Trinajstić information content (AvgIpc) is 3.23. The van der Waals surface area contributed by atoms with E-state index in [2.05, 4.69) is 15.4 Å². The molecule has 0 aliphatic heterocycles. The van der Waals surface area contributed by atoms with Crippen LogP contribution in [0, 0.1) is 13.8 Å². The number of aromatic amines is 1. The summed E-state index contributed by atoms with van der Waals surface area (Å²) >= 11 is 0. The zero-order valence-corrected chi connectivity index (χ0v) is 20.0. The van der Waals surface area contributed by atoms with E-state index in [-0.39, 0.29) is 30.5 Å². The van der Waals surface area contributed by atoms with Gasteiger partial charge < -0.3 is 16.0 Å². The minimum atomic E-state index is -0.175. The Balaban J connectivity index is 1.65. The van der Waals surface area contributed by atoms with Crippen LogP contribution in [0.1, 0.15) is 47.8 Å². The fourth-order valence-corrected chi connectivity index (χ4v) is 4.09. The van der Waals surface area contributed by atoms with Crippen molar-refractivity contribution in [3.05, 3.63) is 80.9 Å². The summed E-state index contributed by atoms with van der Waals surface area (Å²) in [6.45, 7) is 8.45. The predicted octanol–water partition coefficient (Wildman–Crippen LogP) is 3.30. The molecule has 0 saturated carbocycles. The molecule has 3 heterocycles. The summed E-state index contributed by atoms with van der Waals surface area (Å²) in [4.78, 5) is 32.8. The van der Waals surface area contributed by atoms with E-state index in [0.29, 0.717) is 12.1 Å². The smallest absolute Gasteiger partial charge is 0.253 e. The molecule has 0 saturated heterocycles. The Morgan fingerprint density at radius 2 is 1.91 bits per heavy atom. The van der Waals surface area contributed by atoms with Crippen LogP contribution in [0.5, 0.6) is 0 Å². The van der Waals surface area contributed by atoms with E-state index in [1.165, 1.54) is 0 Å². The number of nitrogens with zero attached hydrogens (tertiary/aromatic N) is 3. The molecule has 0 radical (unpaired) electrons. The van der Waals surface area contributed by atoms with Gasteiger partial charge in [0.05, 0.1) is 18.3 Å². The van der Waals surface area contributed by atoms with Gasteiger partial charge in [-0.3, -0.25) is 9.59 Å². The Bertz CT molecular complexity index is 1400. The van der Waals surface area contributed by atoms with Crippen molar-refractivity contribution in [3.8, 4) is 11.3 Å². The van der Waals surface area contributed by atoms with Crippen LogP contribution in [0.4, 0.5) is 0 Å².